The Labute approximate surface area is 149 Å². The van der Waals surface area contributed by atoms with Gasteiger partial charge in [-0.3, -0.25) is 14.3 Å². The maximum Gasteiger partial charge on any atom is 0.311 e. The fraction of sp³-hybridized carbons (Fsp3) is 0.529. The summed E-state index contributed by atoms with van der Waals surface area (Å²) in [5.41, 5.74) is 0.290. The van der Waals surface area contributed by atoms with Crippen LogP contribution in [0.2, 0.25) is 0 Å². The predicted octanol–water partition coefficient (Wildman–Crippen LogP) is 0.791. The lowest BCUT2D eigenvalue weighted by molar-refractivity contribution is -0.157. The number of nitrogens with zero attached hydrogens (tertiary/aromatic N) is 4. The number of hydrogen-bond acceptors (Lipinski definition) is 6. The van der Waals surface area contributed by atoms with Crippen LogP contribution in [0.4, 0.5) is 0 Å². The van der Waals surface area contributed by atoms with Gasteiger partial charge in [-0.05, 0) is 18.9 Å². The molecule has 9 nitrogen and oxygen atoms in total. The molecular formula is C17H20N4O5. The van der Waals surface area contributed by atoms with Gasteiger partial charge in [-0.25, -0.2) is 0 Å². The summed E-state index contributed by atoms with van der Waals surface area (Å²) in [6.45, 7) is 3.61. The third-order valence-electron chi connectivity index (χ3n) is 5.28. The number of aliphatic carboxylic acids is 1. The van der Waals surface area contributed by atoms with Crippen molar-refractivity contribution in [3.8, 4) is 0 Å². The maximum absolute atomic E-state index is 12.8. The normalized spacial score (nSPS) is 25.3. The largest absolute Gasteiger partial charge is 0.481 e. The van der Waals surface area contributed by atoms with E-state index in [0.29, 0.717) is 38.5 Å². The predicted molar refractivity (Wildman–Crippen MR) is 87.5 cm³/mol. The van der Waals surface area contributed by atoms with Gasteiger partial charge in [-0.1, -0.05) is 5.16 Å². The van der Waals surface area contributed by atoms with Crippen molar-refractivity contribution in [3.05, 3.63) is 35.5 Å². The van der Waals surface area contributed by atoms with E-state index in [9.17, 15) is 14.7 Å². The van der Waals surface area contributed by atoms with Crippen molar-refractivity contribution in [2.75, 3.05) is 26.3 Å². The number of carboxylic acids is 1. The van der Waals surface area contributed by atoms with Gasteiger partial charge < -0.3 is 19.3 Å². The molecule has 1 N–H and O–H groups in total. The van der Waals surface area contributed by atoms with Crippen LogP contribution in [0.5, 0.6) is 0 Å². The van der Waals surface area contributed by atoms with Crippen molar-refractivity contribution in [2.45, 2.75) is 19.9 Å². The number of aromatic nitrogens is 3. The van der Waals surface area contributed by atoms with Crippen LogP contribution in [-0.2, 0) is 16.1 Å². The number of ether oxygens (including phenoxy) is 1. The summed E-state index contributed by atoms with van der Waals surface area (Å²) in [6, 6.07) is 1.59. The highest BCUT2D eigenvalue weighted by Crippen LogP contribution is 2.42. The molecule has 2 atom stereocenters. The molecule has 0 aromatic carbocycles. The van der Waals surface area contributed by atoms with Crippen molar-refractivity contribution in [2.24, 2.45) is 11.3 Å². The average molecular weight is 360 g/mol. The first kappa shape index (κ1) is 16.8. The standard InChI is InChI=1S/C17H20N4O5/c1-11-5-18-21(6-11)8-13-4-14(19-26-13)15(22)20-7-12-9-25-3-2-17(12,10-20)16(23)24/h4-6,12H,2-3,7-10H2,1H3,(H,23,24)/t12-,17+/m0/s1. The molecule has 0 spiro atoms. The molecule has 2 saturated heterocycles. The molecule has 2 aliphatic rings. The molecule has 0 saturated carbocycles. The van der Waals surface area contributed by atoms with Crippen LogP contribution in [0.3, 0.4) is 0 Å². The third kappa shape index (κ3) is 2.78. The number of carboxylic acid groups (broad SMARTS) is 1. The van der Waals surface area contributed by atoms with Crippen LogP contribution in [-0.4, -0.2) is 63.1 Å². The number of fused-ring (bicyclic) bond motifs is 1. The molecule has 1 amide bonds. The van der Waals surface area contributed by atoms with Gasteiger partial charge >= 0.3 is 5.97 Å². The Bertz CT molecular complexity index is 844. The lowest BCUT2D eigenvalue weighted by Crippen LogP contribution is -2.45. The number of carbonyl (C=O) groups is 2. The van der Waals surface area contributed by atoms with Gasteiger partial charge in [0, 0.05) is 37.9 Å². The molecule has 138 valence electrons. The topological polar surface area (TPSA) is 111 Å². The second kappa shape index (κ2) is 6.24. The summed E-state index contributed by atoms with van der Waals surface area (Å²) in [5, 5.41) is 17.7. The van der Waals surface area contributed by atoms with Crippen molar-refractivity contribution < 1.29 is 24.0 Å². The Morgan fingerprint density at radius 3 is 3.00 bits per heavy atom. The Morgan fingerprint density at radius 1 is 1.46 bits per heavy atom. The van der Waals surface area contributed by atoms with Crippen LogP contribution in [0.15, 0.2) is 23.0 Å². The molecule has 0 bridgehead atoms. The fourth-order valence-corrected chi connectivity index (χ4v) is 3.82. The second-order valence-electron chi connectivity index (χ2n) is 7.06. The molecule has 0 unspecified atom stereocenters. The SMILES string of the molecule is Cc1cnn(Cc2cc(C(=O)N3C[C@H]4COCC[C@@]4(C(=O)O)C3)no2)c1. The zero-order chi connectivity index (χ0) is 18.3. The van der Waals surface area contributed by atoms with E-state index in [1.807, 2.05) is 13.1 Å². The summed E-state index contributed by atoms with van der Waals surface area (Å²) in [7, 11) is 0. The number of hydrogen-bond donors (Lipinski definition) is 1. The quantitative estimate of drug-likeness (QED) is 0.858. The third-order valence-corrected chi connectivity index (χ3v) is 5.28. The lowest BCUT2D eigenvalue weighted by atomic mass is 9.74. The van der Waals surface area contributed by atoms with Crippen LogP contribution in [0.1, 0.15) is 28.2 Å². The van der Waals surface area contributed by atoms with Crippen molar-refractivity contribution >= 4 is 11.9 Å². The smallest absolute Gasteiger partial charge is 0.311 e. The molecule has 2 fully saturated rings. The molecule has 2 aliphatic heterocycles. The van der Waals surface area contributed by atoms with Crippen molar-refractivity contribution in [1.82, 2.24) is 19.8 Å². The number of amides is 1. The minimum absolute atomic E-state index is 0.176. The van der Waals surface area contributed by atoms with E-state index < -0.39 is 11.4 Å². The number of rotatable bonds is 4. The molecule has 4 heterocycles. The van der Waals surface area contributed by atoms with Gasteiger partial charge in [0.25, 0.3) is 5.91 Å². The molecule has 9 heteroatoms. The van der Waals surface area contributed by atoms with Gasteiger partial charge in [0.1, 0.15) is 6.54 Å². The van der Waals surface area contributed by atoms with E-state index in [4.69, 9.17) is 9.26 Å². The minimum atomic E-state index is -0.924. The van der Waals surface area contributed by atoms with Crippen LogP contribution in [0.25, 0.3) is 0 Å². The fourth-order valence-electron chi connectivity index (χ4n) is 3.82. The Balaban J connectivity index is 1.49. The number of likely N-dealkylation sites (tertiary alicyclic amines) is 1. The van der Waals surface area contributed by atoms with Crippen LogP contribution >= 0.6 is 0 Å². The van der Waals surface area contributed by atoms with E-state index in [2.05, 4.69) is 10.3 Å². The van der Waals surface area contributed by atoms with Gasteiger partial charge in [-0.2, -0.15) is 5.10 Å². The lowest BCUT2D eigenvalue weighted by Gasteiger charge is -2.33. The average Bonchev–Trinajstić information content (AvgIpc) is 3.33. The highest BCUT2D eigenvalue weighted by atomic mass is 16.5. The van der Waals surface area contributed by atoms with Gasteiger partial charge in [-0.15, -0.1) is 0 Å². The monoisotopic (exact) mass is 360 g/mol. The van der Waals surface area contributed by atoms with Crippen molar-refractivity contribution in [1.29, 1.82) is 0 Å². The zero-order valence-electron chi connectivity index (χ0n) is 14.4. The van der Waals surface area contributed by atoms with E-state index in [1.54, 1.807) is 21.8 Å². The first-order valence-electron chi connectivity index (χ1n) is 8.53. The van der Waals surface area contributed by atoms with Gasteiger partial charge in [0.05, 0.1) is 18.2 Å². The summed E-state index contributed by atoms with van der Waals surface area (Å²) in [6.07, 6.45) is 4.02. The molecule has 26 heavy (non-hydrogen) atoms. The highest BCUT2D eigenvalue weighted by Gasteiger charge is 2.55. The van der Waals surface area contributed by atoms with E-state index in [1.165, 1.54) is 0 Å². The first-order valence-corrected chi connectivity index (χ1v) is 8.53. The minimum Gasteiger partial charge on any atom is -0.481 e. The van der Waals surface area contributed by atoms with Gasteiger partial charge in [0.15, 0.2) is 11.5 Å². The summed E-state index contributed by atoms with van der Waals surface area (Å²) in [5.74, 6) is -0.858. The van der Waals surface area contributed by atoms with E-state index >= 15 is 0 Å². The Morgan fingerprint density at radius 2 is 2.31 bits per heavy atom. The second-order valence-corrected chi connectivity index (χ2v) is 7.06. The highest BCUT2D eigenvalue weighted by molar-refractivity contribution is 5.93. The molecule has 0 aliphatic carbocycles. The summed E-state index contributed by atoms with van der Waals surface area (Å²) < 4.78 is 12.4. The van der Waals surface area contributed by atoms with Crippen LogP contribution in [0, 0.1) is 18.3 Å². The number of aryl methyl sites for hydroxylation is 1. The molecule has 2 aromatic heterocycles. The first-order chi connectivity index (χ1) is 12.5. The zero-order valence-corrected chi connectivity index (χ0v) is 14.4. The molecule has 2 aromatic rings. The molecule has 4 rings (SSSR count). The molecular weight excluding hydrogens is 340 g/mol. The van der Waals surface area contributed by atoms with Gasteiger partial charge in [0.2, 0.25) is 0 Å². The van der Waals surface area contributed by atoms with Crippen LogP contribution < -0.4 is 0 Å². The maximum atomic E-state index is 12.8. The molecule has 0 radical (unpaired) electrons. The van der Waals surface area contributed by atoms with E-state index in [-0.39, 0.29) is 24.1 Å². The van der Waals surface area contributed by atoms with E-state index in [0.717, 1.165) is 5.56 Å². The summed E-state index contributed by atoms with van der Waals surface area (Å²) >= 11 is 0. The Hall–Kier alpha value is -2.68. The Kier molecular flexibility index (Phi) is 4.03. The summed E-state index contributed by atoms with van der Waals surface area (Å²) in [4.78, 5) is 26.2. The number of carbonyl (C=O) groups excluding carboxylic acids is 1. The van der Waals surface area contributed by atoms with Crippen molar-refractivity contribution in [3.63, 3.8) is 0 Å².